The Morgan fingerprint density at radius 2 is 1.70 bits per heavy atom. The lowest BCUT2D eigenvalue weighted by molar-refractivity contribution is -0.147. The van der Waals surface area contributed by atoms with E-state index in [4.69, 9.17) is 16.3 Å². The second-order valence-electron chi connectivity index (χ2n) is 5.43. The third-order valence-electron chi connectivity index (χ3n) is 3.37. The lowest BCUT2D eigenvalue weighted by Gasteiger charge is -2.16. The van der Waals surface area contributed by atoms with Crippen LogP contribution >= 0.6 is 11.6 Å². The van der Waals surface area contributed by atoms with Gasteiger partial charge in [0.1, 0.15) is 12.4 Å². The number of esters is 1. The molecule has 27 heavy (non-hydrogen) atoms. The van der Waals surface area contributed by atoms with Crippen molar-refractivity contribution in [1.29, 1.82) is 0 Å². The highest BCUT2D eigenvalue weighted by molar-refractivity contribution is 7.89. The van der Waals surface area contributed by atoms with E-state index in [1.54, 1.807) is 0 Å². The highest BCUT2D eigenvalue weighted by atomic mass is 35.5. The molecule has 1 amide bonds. The number of ether oxygens (including phenoxy) is 1. The van der Waals surface area contributed by atoms with E-state index in [0.717, 1.165) is 16.4 Å². The van der Waals surface area contributed by atoms with E-state index in [9.17, 15) is 22.4 Å². The highest BCUT2D eigenvalue weighted by Gasteiger charge is 2.23. The van der Waals surface area contributed by atoms with E-state index < -0.39 is 40.9 Å². The van der Waals surface area contributed by atoms with Gasteiger partial charge in [-0.2, -0.15) is 4.31 Å². The van der Waals surface area contributed by atoms with E-state index in [0.29, 0.717) is 10.7 Å². The van der Waals surface area contributed by atoms with Crippen LogP contribution in [0.3, 0.4) is 0 Å². The molecule has 2 rings (SSSR count). The number of hydrogen-bond donors (Lipinski definition) is 1. The molecule has 0 heterocycles. The van der Waals surface area contributed by atoms with E-state index in [1.165, 1.54) is 43.4 Å². The SMILES string of the molecule is CN(CC(=O)OCC(=O)Nc1ccc(F)cc1)S(=O)(=O)c1ccc(Cl)cc1. The van der Waals surface area contributed by atoms with E-state index in [1.807, 2.05) is 0 Å². The molecule has 0 aliphatic carbocycles. The van der Waals surface area contributed by atoms with E-state index in [2.05, 4.69) is 5.32 Å². The molecule has 0 radical (unpaired) electrons. The number of carbonyl (C=O) groups is 2. The van der Waals surface area contributed by atoms with Gasteiger partial charge in [-0.05, 0) is 48.5 Å². The average molecular weight is 415 g/mol. The van der Waals surface area contributed by atoms with Crippen LogP contribution in [0.25, 0.3) is 0 Å². The fourth-order valence-corrected chi connectivity index (χ4v) is 3.22. The van der Waals surface area contributed by atoms with E-state index >= 15 is 0 Å². The van der Waals surface area contributed by atoms with Gasteiger partial charge in [-0.1, -0.05) is 11.6 Å². The Kier molecular flexibility index (Phi) is 6.89. The lowest BCUT2D eigenvalue weighted by Crippen LogP contribution is -2.34. The summed E-state index contributed by atoms with van der Waals surface area (Å²) in [6.45, 7) is -1.18. The third kappa shape index (κ3) is 6.02. The average Bonchev–Trinajstić information content (AvgIpc) is 2.62. The summed E-state index contributed by atoms with van der Waals surface area (Å²) in [7, 11) is -2.69. The van der Waals surface area contributed by atoms with Crippen molar-refractivity contribution in [2.75, 3.05) is 25.5 Å². The van der Waals surface area contributed by atoms with Crippen molar-refractivity contribution < 1.29 is 27.1 Å². The maximum atomic E-state index is 12.8. The molecule has 0 atom stereocenters. The first kappa shape index (κ1) is 20.8. The fourth-order valence-electron chi connectivity index (χ4n) is 1.98. The summed E-state index contributed by atoms with van der Waals surface area (Å²) in [6, 6.07) is 10.5. The Hall–Kier alpha value is -2.49. The molecule has 0 aromatic heterocycles. The van der Waals surface area contributed by atoms with Gasteiger partial charge in [-0.15, -0.1) is 0 Å². The summed E-state index contributed by atoms with van der Waals surface area (Å²) in [5.74, 6) is -1.99. The molecule has 1 N–H and O–H groups in total. The van der Waals surface area contributed by atoms with Crippen LogP contribution in [0, 0.1) is 5.82 Å². The minimum Gasteiger partial charge on any atom is -0.455 e. The van der Waals surface area contributed by atoms with Gasteiger partial charge in [0.2, 0.25) is 10.0 Å². The predicted molar refractivity (Wildman–Crippen MR) is 97.3 cm³/mol. The van der Waals surface area contributed by atoms with Crippen LogP contribution in [0.15, 0.2) is 53.4 Å². The molecule has 0 bridgehead atoms. The van der Waals surface area contributed by atoms with Crippen LogP contribution in [-0.2, 0) is 24.3 Å². The van der Waals surface area contributed by atoms with Crippen molar-refractivity contribution in [2.24, 2.45) is 0 Å². The van der Waals surface area contributed by atoms with Crippen molar-refractivity contribution in [3.8, 4) is 0 Å². The predicted octanol–water partition coefficient (Wildman–Crippen LogP) is 2.28. The van der Waals surface area contributed by atoms with Crippen LogP contribution in [0.1, 0.15) is 0 Å². The minimum absolute atomic E-state index is 0.0312. The number of anilines is 1. The first-order chi connectivity index (χ1) is 12.7. The second-order valence-corrected chi connectivity index (χ2v) is 7.91. The number of carbonyl (C=O) groups excluding carboxylic acids is 2. The number of nitrogens with one attached hydrogen (secondary N) is 1. The monoisotopic (exact) mass is 414 g/mol. The molecule has 0 unspecified atom stereocenters. The zero-order valence-electron chi connectivity index (χ0n) is 14.2. The van der Waals surface area contributed by atoms with Gasteiger partial charge in [0.05, 0.1) is 4.90 Å². The summed E-state index contributed by atoms with van der Waals surface area (Å²) in [6.07, 6.45) is 0. The summed E-state index contributed by atoms with van der Waals surface area (Å²) >= 11 is 5.72. The summed E-state index contributed by atoms with van der Waals surface area (Å²) < 4.78 is 43.1. The van der Waals surface area contributed by atoms with Crippen LogP contribution in [-0.4, -0.2) is 44.8 Å². The number of nitrogens with zero attached hydrogens (tertiary/aromatic N) is 1. The third-order valence-corrected chi connectivity index (χ3v) is 5.44. The van der Waals surface area contributed by atoms with Crippen LogP contribution < -0.4 is 5.32 Å². The van der Waals surface area contributed by atoms with Gasteiger partial charge in [-0.25, -0.2) is 12.8 Å². The molecule has 7 nitrogen and oxygen atoms in total. The molecule has 0 spiro atoms. The smallest absolute Gasteiger partial charge is 0.321 e. The Morgan fingerprint density at radius 1 is 1.11 bits per heavy atom. The van der Waals surface area contributed by atoms with Gasteiger partial charge in [0.15, 0.2) is 6.61 Å². The molecule has 2 aromatic carbocycles. The molecular weight excluding hydrogens is 399 g/mol. The molecule has 0 fully saturated rings. The highest BCUT2D eigenvalue weighted by Crippen LogP contribution is 2.17. The van der Waals surface area contributed by atoms with Gasteiger partial charge in [-0.3, -0.25) is 9.59 Å². The largest absolute Gasteiger partial charge is 0.455 e. The number of rotatable bonds is 7. The van der Waals surface area contributed by atoms with E-state index in [-0.39, 0.29) is 4.90 Å². The Bertz CT molecular complexity index is 917. The summed E-state index contributed by atoms with van der Waals surface area (Å²) in [5, 5.41) is 2.79. The molecule has 2 aromatic rings. The number of sulfonamides is 1. The van der Waals surface area contributed by atoms with Crippen LogP contribution in [0.5, 0.6) is 0 Å². The van der Waals surface area contributed by atoms with Crippen molar-refractivity contribution in [2.45, 2.75) is 4.90 Å². The van der Waals surface area contributed by atoms with Gasteiger partial charge >= 0.3 is 5.97 Å². The number of amides is 1. The van der Waals surface area contributed by atoms with Crippen molar-refractivity contribution in [3.05, 3.63) is 59.4 Å². The molecule has 0 saturated heterocycles. The molecule has 0 aliphatic rings. The Morgan fingerprint density at radius 3 is 2.30 bits per heavy atom. The normalized spacial score (nSPS) is 11.3. The quantitative estimate of drug-likeness (QED) is 0.701. The summed E-state index contributed by atoms with van der Waals surface area (Å²) in [4.78, 5) is 23.5. The molecular formula is C17H16ClFN2O5S. The van der Waals surface area contributed by atoms with Gasteiger partial charge in [0, 0.05) is 17.8 Å². The van der Waals surface area contributed by atoms with Crippen molar-refractivity contribution in [3.63, 3.8) is 0 Å². The zero-order chi connectivity index (χ0) is 20.0. The Labute approximate surface area is 160 Å². The lowest BCUT2D eigenvalue weighted by atomic mass is 10.3. The Balaban J connectivity index is 1.86. The number of likely N-dealkylation sites (N-methyl/N-ethyl adjacent to an activating group) is 1. The number of hydrogen-bond acceptors (Lipinski definition) is 5. The van der Waals surface area contributed by atoms with Gasteiger partial charge < -0.3 is 10.1 Å². The number of benzene rings is 2. The topological polar surface area (TPSA) is 92.8 Å². The summed E-state index contributed by atoms with van der Waals surface area (Å²) in [5.41, 5.74) is 0.333. The maximum absolute atomic E-state index is 12.8. The van der Waals surface area contributed by atoms with Crippen molar-refractivity contribution in [1.82, 2.24) is 4.31 Å². The molecule has 10 heteroatoms. The maximum Gasteiger partial charge on any atom is 0.321 e. The first-order valence-electron chi connectivity index (χ1n) is 7.61. The zero-order valence-corrected chi connectivity index (χ0v) is 15.8. The standard InChI is InChI=1S/C17H16ClFN2O5S/c1-21(27(24,25)15-8-2-12(18)3-9-15)10-17(23)26-11-16(22)20-14-6-4-13(19)5-7-14/h2-9H,10-11H2,1H3,(H,20,22). The molecule has 0 saturated carbocycles. The second kappa shape index (κ2) is 8.94. The number of halogens is 2. The van der Waals surface area contributed by atoms with Crippen LogP contribution in [0.4, 0.5) is 10.1 Å². The minimum atomic E-state index is -3.90. The van der Waals surface area contributed by atoms with Crippen molar-refractivity contribution >= 4 is 39.2 Å². The molecule has 0 aliphatic heterocycles. The first-order valence-corrected chi connectivity index (χ1v) is 9.43. The fraction of sp³-hybridized carbons (Fsp3) is 0.176. The molecule has 144 valence electrons. The van der Waals surface area contributed by atoms with Gasteiger partial charge in [0.25, 0.3) is 5.91 Å². The van der Waals surface area contributed by atoms with Crippen LogP contribution in [0.2, 0.25) is 5.02 Å².